The number of nitrogens with zero attached hydrogens (tertiary/aromatic N) is 6. The second-order valence-corrected chi connectivity index (χ2v) is 8.79. The van der Waals surface area contributed by atoms with Crippen molar-refractivity contribution in [1.29, 1.82) is 0 Å². The first kappa shape index (κ1) is 22.9. The van der Waals surface area contributed by atoms with Gasteiger partial charge in [-0.3, -0.25) is 30.2 Å². The first-order valence-electron chi connectivity index (χ1n) is 11.6. The Morgan fingerprint density at radius 1 is 0.816 bits per heavy atom. The fourth-order valence-corrected chi connectivity index (χ4v) is 4.60. The van der Waals surface area contributed by atoms with Crippen molar-refractivity contribution in [2.45, 2.75) is 6.92 Å². The van der Waals surface area contributed by atoms with E-state index in [1.165, 1.54) is 16.8 Å². The number of fused-ring (bicyclic) bond motifs is 3. The van der Waals surface area contributed by atoms with Gasteiger partial charge in [0.25, 0.3) is 5.69 Å². The van der Waals surface area contributed by atoms with Crippen molar-refractivity contribution in [3.8, 4) is 28.3 Å². The van der Waals surface area contributed by atoms with Crippen LogP contribution < -0.4 is 0 Å². The van der Waals surface area contributed by atoms with E-state index in [2.05, 4.69) is 9.97 Å². The lowest BCUT2D eigenvalue weighted by molar-refractivity contribution is -0.394. The van der Waals surface area contributed by atoms with Crippen LogP contribution in [0.1, 0.15) is 22.3 Å². The van der Waals surface area contributed by atoms with Crippen molar-refractivity contribution in [3.05, 3.63) is 128 Å². The van der Waals surface area contributed by atoms with E-state index in [9.17, 15) is 20.2 Å². The summed E-state index contributed by atoms with van der Waals surface area (Å²) in [5.41, 5.74) is 6.86. The highest BCUT2D eigenvalue weighted by Gasteiger charge is 2.27. The van der Waals surface area contributed by atoms with Crippen LogP contribution in [0.4, 0.5) is 11.4 Å². The Morgan fingerprint density at radius 3 is 2.08 bits per heavy atom. The molecule has 0 radical (unpaired) electrons. The van der Waals surface area contributed by atoms with Gasteiger partial charge in [-0.15, -0.1) is 0 Å². The van der Waals surface area contributed by atoms with E-state index in [0.29, 0.717) is 11.3 Å². The van der Waals surface area contributed by atoms with Gasteiger partial charge in [-0.25, -0.2) is 4.68 Å². The van der Waals surface area contributed by atoms with E-state index in [1.807, 2.05) is 61.5 Å². The monoisotopic (exact) mass is 502 g/mol. The van der Waals surface area contributed by atoms with E-state index in [0.717, 1.165) is 45.3 Å². The smallest absolute Gasteiger partial charge is 0.258 e. The summed E-state index contributed by atoms with van der Waals surface area (Å²) in [4.78, 5) is 30.8. The van der Waals surface area contributed by atoms with Crippen molar-refractivity contribution in [1.82, 2.24) is 19.7 Å². The normalized spacial score (nSPS) is 11.7. The first-order chi connectivity index (χ1) is 18.4. The van der Waals surface area contributed by atoms with Gasteiger partial charge >= 0.3 is 5.69 Å². The maximum atomic E-state index is 11.8. The minimum Gasteiger partial charge on any atom is -0.258 e. The van der Waals surface area contributed by atoms with E-state index >= 15 is 0 Å². The number of aryl methyl sites for hydroxylation is 1. The van der Waals surface area contributed by atoms with Crippen LogP contribution in [0.15, 0.2) is 85.3 Å². The Labute approximate surface area is 215 Å². The fraction of sp³-hybridized carbons (Fsp3) is 0.0357. The van der Waals surface area contributed by atoms with Crippen LogP contribution in [0, 0.1) is 27.2 Å². The van der Waals surface area contributed by atoms with Gasteiger partial charge in [-0.2, -0.15) is 5.10 Å². The standard InChI is InChI=1S/C28H18N6O4/c1-17-6-8-18(9-7-17)26-19(14-23-21-4-2-12-29-27(21)28-22(23)5-3-13-30-28)16-32(31-26)24-11-10-20(33(35)36)15-25(24)34(37)38/h2-16H,1H3. The third kappa shape index (κ3) is 3.80. The fourth-order valence-electron chi connectivity index (χ4n) is 4.60. The third-order valence-electron chi connectivity index (χ3n) is 6.40. The number of hydrogen-bond acceptors (Lipinski definition) is 7. The zero-order valence-corrected chi connectivity index (χ0v) is 20.0. The summed E-state index contributed by atoms with van der Waals surface area (Å²) in [6, 6.07) is 19.0. The Balaban J connectivity index is 1.59. The largest absolute Gasteiger partial charge is 0.301 e. The van der Waals surface area contributed by atoms with Gasteiger partial charge in [-0.1, -0.05) is 42.0 Å². The summed E-state index contributed by atoms with van der Waals surface area (Å²) in [6.45, 7) is 1.98. The van der Waals surface area contributed by atoms with Gasteiger partial charge in [0.15, 0.2) is 0 Å². The first-order valence-corrected chi connectivity index (χ1v) is 11.6. The van der Waals surface area contributed by atoms with Gasteiger partial charge in [0.1, 0.15) is 5.69 Å². The van der Waals surface area contributed by atoms with Crippen LogP contribution in [0.5, 0.6) is 0 Å². The predicted molar refractivity (Wildman–Crippen MR) is 141 cm³/mol. The van der Waals surface area contributed by atoms with Gasteiger partial charge < -0.3 is 0 Å². The van der Waals surface area contributed by atoms with Crippen LogP contribution in [-0.2, 0) is 0 Å². The van der Waals surface area contributed by atoms with Crippen molar-refractivity contribution >= 4 is 23.0 Å². The molecule has 5 aromatic rings. The quantitative estimate of drug-likeness (QED) is 0.208. The molecular weight excluding hydrogens is 484 g/mol. The van der Waals surface area contributed by atoms with E-state index in [1.54, 1.807) is 18.6 Å². The number of non-ortho nitro benzene ring substituents is 1. The van der Waals surface area contributed by atoms with Crippen LogP contribution >= 0.6 is 0 Å². The Hall–Kier alpha value is -5.51. The molecule has 10 heteroatoms. The molecule has 6 rings (SSSR count). The summed E-state index contributed by atoms with van der Waals surface area (Å²) in [5, 5.41) is 27.8. The van der Waals surface area contributed by atoms with E-state index < -0.39 is 15.5 Å². The molecule has 0 aliphatic heterocycles. The van der Waals surface area contributed by atoms with Crippen LogP contribution in [0.3, 0.4) is 0 Å². The lowest BCUT2D eigenvalue weighted by Gasteiger charge is -2.04. The highest BCUT2D eigenvalue weighted by Crippen LogP contribution is 2.43. The summed E-state index contributed by atoms with van der Waals surface area (Å²) in [7, 11) is 0. The molecule has 1 aliphatic rings. The molecule has 0 bridgehead atoms. The van der Waals surface area contributed by atoms with Gasteiger partial charge in [0.05, 0.1) is 33.0 Å². The SMILES string of the molecule is Cc1ccc(-c2nn(-c3ccc([N+](=O)[O-])cc3[N+](=O)[O-])cc2C=C2c3cccnc3-c3ncccc32)cc1. The predicted octanol–water partition coefficient (Wildman–Crippen LogP) is 6.02. The third-order valence-corrected chi connectivity index (χ3v) is 6.40. The maximum absolute atomic E-state index is 11.8. The molecule has 0 fully saturated rings. The summed E-state index contributed by atoms with van der Waals surface area (Å²) in [5.74, 6) is 0. The molecule has 0 saturated heterocycles. The molecule has 0 atom stereocenters. The Morgan fingerprint density at radius 2 is 1.47 bits per heavy atom. The number of hydrogen-bond donors (Lipinski definition) is 0. The summed E-state index contributed by atoms with van der Waals surface area (Å²) >= 11 is 0. The van der Waals surface area contributed by atoms with Gasteiger partial charge in [0, 0.05) is 46.9 Å². The number of benzene rings is 2. The molecule has 184 valence electrons. The second kappa shape index (κ2) is 8.86. The van der Waals surface area contributed by atoms with Crippen LogP contribution in [0.25, 0.3) is 40.0 Å². The van der Waals surface area contributed by atoms with Crippen LogP contribution in [0.2, 0.25) is 0 Å². The molecule has 1 aliphatic carbocycles. The zero-order chi connectivity index (χ0) is 26.4. The summed E-state index contributed by atoms with van der Waals surface area (Å²) < 4.78 is 1.40. The van der Waals surface area contributed by atoms with Crippen molar-refractivity contribution in [3.63, 3.8) is 0 Å². The van der Waals surface area contributed by atoms with Crippen LogP contribution in [-0.4, -0.2) is 29.6 Å². The molecule has 0 unspecified atom stereocenters. The minimum absolute atomic E-state index is 0.120. The minimum atomic E-state index is -0.662. The molecule has 2 aromatic carbocycles. The lowest BCUT2D eigenvalue weighted by atomic mass is 10.0. The second-order valence-electron chi connectivity index (χ2n) is 8.79. The van der Waals surface area contributed by atoms with E-state index in [-0.39, 0.29) is 11.4 Å². The van der Waals surface area contributed by atoms with Crippen molar-refractivity contribution < 1.29 is 9.85 Å². The molecule has 0 saturated carbocycles. The van der Waals surface area contributed by atoms with Crippen molar-refractivity contribution in [2.75, 3.05) is 0 Å². The molecule has 0 spiro atoms. The Bertz CT molecular complexity index is 1740. The molecule has 3 aromatic heterocycles. The topological polar surface area (TPSA) is 130 Å². The number of rotatable bonds is 5. The van der Waals surface area contributed by atoms with Crippen molar-refractivity contribution in [2.24, 2.45) is 0 Å². The molecular formula is C28H18N6O4. The Kier molecular flexibility index (Phi) is 5.34. The highest BCUT2D eigenvalue weighted by molar-refractivity contribution is 6.05. The molecule has 0 N–H and O–H groups in total. The number of pyridine rings is 2. The zero-order valence-electron chi connectivity index (χ0n) is 20.0. The summed E-state index contributed by atoms with van der Waals surface area (Å²) in [6.07, 6.45) is 7.12. The lowest BCUT2D eigenvalue weighted by Crippen LogP contribution is -2.02. The van der Waals surface area contributed by atoms with Gasteiger partial charge in [0.2, 0.25) is 0 Å². The molecule has 10 nitrogen and oxygen atoms in total. The molecule has 38 heavy (non-hydrogen) atoms. The average molecular weight is 502 g/mol. The number of aromatic nitrogens is 4. The maximum Gasteiger partial charge on any atom is 0.301 e. The molecule has 3 heterocycles. The van der Waals surface area contributed by atoms with E-state index in [4.69, 9.17) is 5.10 Å². The number of nitro groups is 2. The molecule has 0 amide bonds. The van der Waals surface area contributed by atoms with Gasteiger partial charge in [-0.05, 0) is 36.8 Å². The number of nitro benzene ring substituents is 2. The average Bonchev–Trinajstić information content (AvgIpc) is 3.49. The highest BCUT2D eigenvalue weighted by atomic mass is 16.6.